The van der Waals surface area contributed by atoms with Crippen molar-refractivity contribution in [1.29, 1.82) is 0 Å². The Morgan fingerprint density at radius 1 is 1.05 bits per heavy atom. The first-order chi connectivity index (χ1) is 9.63. The average molecular weight is 271 g/mol. The summed E-state index contributed by atoms with van der Waals surface area (Å²) in [6, 6.07) is 12.8. The first-order valence-corrected chi connectivity index (χ1v) is 6.61. The van der Waals surface area contributed by atoms with Crippen LogP contribution in [0.1, 0.15) is 29.8 Å². The molecular weight excluding hydrogens is 250 g/mol. The van der Waals surface area contributed by atoms with Crippen LogP contribution in [0, 0.1) is 0 Å². The third-order valence-electron chi connectivity index (χ3n) is 2.84. The highest BCUT2D eigenvalue weighted by atomic mass is 16.1. The van der Waals surface area contributed by atoms with Gasteiger partial charge in [-0.15, -0.1) is 0 Å². The Balaban J connectivity index is 0.000000956. The summed E-state index contributed by atoms with van der Waals surface area (Å²) >= 11 is 0. The lowest BCUT2D eigenvalue weighted by atomic mass is 9.94. The Labute approximate surface area is 119 Å². The van der Waals surface area contributed by atoms with Crippen LogP contribution in [-0.2, 0) is 6.54 Å². The highest BCUT2D eigenvalue weighted by Crippen LogP contribution is 2.28. The SMILES string of the molecule is CC.NCc1ccccc1-c1ccc(N)cc1C(N)=O. The molecule has 0 saturated carbocycles. The van der Waals surface area contributed by atoms with Gasteiger partial charge >= 0.3 is 0 Å². The van der Waals surface area contributed by atoms with Crippen LogP contribution in [0.25, 0.3) is 11.1 Å². The highest BCUT2D eigenvalue weighted by molar-refractivity contribution is 6.01. The van der Waals surface area contributed by atoms with Crippen molar-refractivity contribution in [3.63, 3.8) is 0 Å². The van der Waals surface area contributed by atoms with Crippen molar-refractivity contribution in [3.05, 3.63) is 53.6 Å². The summed E-state index contributed by atoms with van der Waals surface area (Å²) in [7, 11) is 0. The topological polar surface area (TPSA) is 95.1 Å². The second-order valence-electron chi connectivity index (χ2n) is 4.03. The second-order valence-corrected chi connectivity index (χ2v) is 4.03. The van der Waals surface area contributed by atoms with Gasteiger partial charge in [-0.25, -0.2) is 0 Å². The fourth-order valence-corrected chi connectivity index (χ4v) is 1.96. The zero-order chi connectivity index (χ0) is 15.1. The van der Waals surface area contributed by atoms with Gasteiger partial charge in [-0.05, 0) is 28.8 Å². The molecule has 20 heavy (non-hydrogen) atoms. The normalized spacial score (nSPS) is 9.55. The minimum absolute atomic E-state index is 0.402. The Morgan fingerprint density at radius 3 is 2.30 bits per heavy atom. The molecule has 0 spiro atoms. The zero-order valence-electron chi connectivity index (χ0n) is 11.9. The number of nitrogens with two attached hydrogens (primary N) is 3. The fraction of sp³-hybridized carbons (Fsp3) is 0.188. The van der Waals surface area contributed by atoms with Gasteiger partial charge in [0, 0.05) is 17.8 Å². The van der Waals surface area contributed by atoms with E-state index >= 15 is 0 Å². The Morgan fingerprint density at radius 2 is 1.70 bits per heavy atom. The molecule has 0 atom stereocenters. The molecule has 0 aliphatic heterocycles. The van der Waals surface area contributed by atoms with Crippen LogP contribution >= 0.6 is 0 Å². The molecule has 0 fully saturated rings. The standard InChI is InChI=1S/C14H15N3O.C2H6/c15-8-9-3-1-2-4-11(9)12-6-5-10(16)7-13(12)14(17)18;1-2/h1-7H,8,15-16H2,(H2,17,18);1-2H3. The van der Waals surface area contributed by atoms with Crippen molar-refractivity contribution in [3.8, 4) is 11.1 Å². The Hall–Kier alpha value is -2.33. The molecule has 0 bridgehead atoms. The summed E-state index contributed by atoms with van der Waals surface area (Å²) in [6.07, 6.45) is 0. The lowest BCUT2D eigenvalue weighted by Crippen LogP contribution is -2.13. The van der Waals surface area contributed by atoms with Gasteiger partial charge in [0.15, 0.2) is 0 Å². The lowest BCUT2D eigenvalue weighted by molar-refractivity contribution is 0.100. The largest absolute Gasteiger partial charge is 0.399 e. The van der Waals surface area contributed by atoms with Crippen molar-refractivity contribution in [2.75, 3.05) is 5.73 Å². The molecule has 0 radical (unpaired) electrons. The minimum Gasteiger partial charge on any atom is -0.399 e. The van der Waals surface area contributed by atoms with Gasteiger partial charge in [-0.2, -0.15) is 0 Å². The van der Waals surface area contributed by atoms with E-state index < -0.39 is 5.91 Å². The van der Waals surface area contributed by atoms with Gasteiger partial charge in [0.25, 0.3) is 0 Å². The number of rotatable bonds is 3. The van der Waals surface area contributed by atoms with Gasteiger partial charge in [0.1, 0.15) is 0 Å². The van der Waals surface area contributed by atoms with Gasteiger partial charge < -0.3 is 17.2 Å². The maximum absolute atomic E-state index is 11.5. The molecule has 2 aromatic rings. The number of hydrogen-bond donors (Lipinski definition) is 3. The van der Waals surface area contributed by atoms with E-state index in [0.717, 1.165) is 16.7 Å². The van der Waals surface area contributed by atoms with Gasteiger partial charge in [-0.3, -0.25) is 4.79 Å². The summed E-state index contributed by atoms with van der Waals surface area (Å²) in [5.41, 5.74) is 20.3. The van der Waals surface area contributed by atoms with Crippen molar-refractivity contribution >= 4 is 11.6 Å². The smallest absolute Gasteiger partial charge is 0.249 e. The second kappa shape index (κ2) is 7.31. The Bertz CT molecular complexity index is 594. The number of carbonyl (C=O) groups excluding carboxylic acids is 1. The van der Waals surface area contributed by atoms with E-state index in [9.17, 15) is 4.79 Å². The molecule has 0 heterocycles. The van der Waals surface area contributed by atoms with Crippen molar-refractivity contribution in [2.45, 2.75) is 20.4 Å². The van der Waals surface area contributed by atoms with Crippen molar-refractivity contribution in [1.82, 2.24) is 0 Å². The molecule has 0 unspecified atom stereocenters. The molecule has 106 valence electrons. The maximum Gasteiger partial charge on any atom is 0.249 e. The number of anilines is 1. The van der Waals surface area contributed by atoms with E-state index in [1.807, 2.05) is 38.1 Å². The number of amides is 1. The first kappa shape index (κ1) is 15.7. The fourth-order valence-electron chi connectivity index (χ4n) is 1.96. The molecular formula is C16H21N3O. The molecule has 4 nitrogen and oxygen atoms in total. The van der Waals surface area contributed by atoms with Gasteiger partial charge in [0.2, 0.25) is 5.91 Å². The third kappa shape index (κ3) is 3.36. The van der Waals surface area contributed by atoms with Crippen molar-refractivity contribution < 1.29 is 4.79 Å². The summed E-state index contributed by atoms with van der Waals surface area (Å²) in [6.45, 7) is 4.40. The van der Waals surface area contributed by atoms with E-state index in [-0.39, 0.29) is 0 Å². The predicted molar refractivity (Wildman–Crippen MR) is 84.0 cm³/mol. The van der Waals surface area contributed by atoms with Crippen LogP contribution in [0.2, 0.25) is 0 Å². The molecule has 0 aromatic heterocycles. The third-order valence-corrected chi connectivity index (χ3v) is 2.84. The lowest BCUT2D eigenvalue weighted by Gasteiger charge is -2.11. The molecule has 0 aliphatic carbocycles. The van der Waals surface area contributed by atoms with Crippen LogP contribution < -0.4 is 17.2 Å². The van der Waals surface area contributed by atoms with E-state index in [2.05, 4.69) is 0 Å². The van der Waals surface area contributed by atoms with Crippen LogP contribution in [0.15, 0.2) is 42.5 Å². The monoisotopic (exact) mass is 271 g/mol. The van der Waals surface area contributed by atoms with E-state index in [4.69, 9.17) is 17.2 Å². The van der Waals surface area contributed by atoms with Crippen LogP contribution in [0.4, 0.5) is 5.69 Å². The van der Waals surface area contributed by atoms with E-state index in [1.165, 1.54) is 0 Å². The molecule has 2 rings (SSSR count). The number of primary amides is 1. The van der Waals surface area contributed by atoms with E-state index in [1.54, 1.807) is 18.2 Å². The molecule has 0 saturated heterocycles. The van der Waals surface area contributed by atoms with Crippen LogP contribution in [-0.4, -0.2) is 5.91 Å². The summed E-state index contributed by atoms with van der Waals surface area (Å²) in [4.78, 5) is 11.5. The average Bonchev–Trinajstić information content (AvgIpc) is 2.49. The number of benzene rings is 2. The highest BCUT2D eigenvalue weighted by Gasteiger charge is 2.12. The number of hydrogen-bond acceptors (Lipinski definition) is 3. The summed E-state index contributed by atoms with van der Waals surface area (Å²) in [5.74, 6) is -0.496. The van der Waals surface area contributed by atoms with E-state index in [0.29, 0.717) is 17.8 Å². The quantitative estimate of drug-likeness (QED) is 0.748. The molecule has 0 aliphatic rings. The molecule has 1 amide bonds. The predicted octanol–water partition coefficient (Wildman–Crippen LogP) is 2.52. The first-order valence-electron chi connectivity index (χ1n) is 6.61. The molecule has 2 aromatic carbocycles. The molecule has 4 heteroatoms. The maximum atomic E-state index is 11.5. The number of carbonyl (C=O) groups is 1. The zero-order valence-corrected chi connectivity index (χ0v) is 11.9. The minimum atomic E-state index is -0.496. The Kier molecular flexibility index (Phi) is 5.74. The summed E-state index contributed by atoms with van der Waals surface area (Å²) in [5, 5.41) is 0. The number of nitrogen functional groups attached to an aromatic ring is 1. The van der Waals surface area contributed by atoms with Crippen LogP contribution in [0.3, 0.4) is 0 Å². The van der Waals surface area contributed by atoms with Crippen LogP contribution in [0.5, 0.6) is 0 Å². The van der Waals surface area contributed by atoms with Gasteiger partial charge in [0.05, 0.1) is 0 Å². The summed E-state index contributed by atoms with van der Waals surface area (Å²) < 4.78 is 0. The van der Waals surface area contributed by atoms with Crippen molar-refractivity contribution in [2.24, 2.45) is 11.5 Å². The van der Waals surface area contributed by atoms with Gasteiger partial charge in [-0.1, -0.05) is 44.2 Å². The molecule has 6 N–H and O–H groups in total.